The minimum Gasteiger partial charge on any atom is -0.348 e. The van der Waals surface area contributed by atoms with Gasteiger partial charge in [-0.05, 0) is 55.0 Å². The average Bonchev–Trinajstić information content (AvgIpc) is 3.32. The van der Waals surface area contributed by atoms with E-state index in [1.807, 2.05) is 35.7 Å². The smallest absolute Gasteiger partial charge is 0.270 e. The van der Waals surface area contributed by atoms with E-state index < -0.39 is 0 Å². The van der Waals surface area contributed by atoms with Crippen LogP contribution in [0.2, 0.25) is 0 Å². The molecule has 1 amide bonds. The van der Waals surface area contributed by atoms with Crippen LogP contribution in [0.1, 0.15) is 48.2 Å². The van der Waals surface area contributed by atoms with Crippen molar-refractivity contribution in [3.63, 3.8) is 0 Å². The minimum atomic E-state index is -0.0336. The van der Waals surface area contributed by atoms with Crippen molar-refractivity contribution in [1.82, 2.24) is 15.1 Å². The third-order valence-corrected chi connectivity index (χ3v) is 5.79. The number of hydrogen-bond acceptors (Lipinski definition) is 3. The summed E-state index contributed by atoms with van der Waals surface area (Å²) < 4.78 is 1.78. The zero-order valence-corrected chi connectivity index (χ0v) is 15.8. The first-order chi connectivity index (χ1) is 12.7. The van der Waals surface area contributed by atoms with E-state index >= 15 is 0 Å². The molecule has 0 radical (unpaired) electrons. The Kier molecular flexibility index (Phi) is 4.89. The van der Waals surface area contributed by atoms with Gasteiger partial charge >= 0.3 is 0 Å². The van der Waals surface area contributed by atoms with E-state index in [4.69, 9.17) is 5.10 Å². The summed E-state index contributed by atoms with van der Waals surface area (Å²) in [5.74, 6) is -0.0336. The lowest BCUT2D eigenvalue weighted by Crippen LogP contribution is -2.37. The first-order valence-corrected chi connectivity index (χ1v) is 10.1. The van der Waals surface area contributed by atoms with Crippen LogP contribution in [0, 0.1) is 6.92 Å². The quantitative estimate of drug-likeness (QED) is 0.709. The highest BCUT2D eigenvalue weighted by Gasteiger charge is 2.22. The second-order valence-electron chi connectivity index (χ2n) is 6.95. The van der Waals surface area contributed by atoms with Crippen molar-refractivity contribution in [2.45, 2.75) is 45.1 Å². The van der Waals surface area contributed by atoms with E-state index in [9.17, 15) is 4.79 Å². The lowest BCUT2D eigenvalue weighted by Gasteiger charge is -2.22. The Morgan fingerprint density at radius 1 is 1.15 bits per heavy atom. The van der Waals surface area contributed by atoms with Crippen LogP contribution in [0.15, 0.2) is 47.8 Å². The maximum absolute atomic E-state index is 13.0. The predicted molar refractivity (Wildman–Crippen MR) is 106 cm³/mol. The monoisotopic (exact) mass is 365 g/mol. The van der Waals surface area contributed by atoms with Crippen LogP contribution in [-0.4, -0.2) is 21.7 Å². The second kappa shape index (κ2) is 7.46. The van der Waals surface area contributed by atoms with E-state index in [0.717, 1.165) is 34.7 Å². The Morgan fingerprint density at radius 3 is 2.73 bits per heavy atom. The lowest BCUT2D eigenvalue weighted by atomic mass is 9.95. The molecule has 1 aliphatic carbocycles. The Hall–Kier alpha value is -2.40. The molecule has 1 aromatic carbocycles. The Labute approximate surface area is 157 Å². The molecule has 2 heterocycles. The molecule has 0 unspecified atom stereocenters. The van der Waals surface area contributed by atoms with Crippen LogP contribution in [0.3, 0.4) is 0 Å². The number of carbonyl (C=O) groups is 1. The van der Waals surface area contributed by atoms with Crippen LogP contribution in [0.4, 0.5) is 0 Å². The molecule has 1 N–H and O–H groups in total. The lowest BCUT2D eigenvalue weighted by molar-refractivity contribution is 0.0920. The topological polar surface area (TPSA) is 46.9 Å². The molecule has 1 fully saturated rings. The normalized spacial score (nSPS) is 15.1. The number of nitrogens with one attached hydrogen (secondary N) is 1. The number of nitrogens with zero attached hydrogens (tertiary/aromatic N) is 2. The van der Waals surface area contributed by atoms with Gasteiger partial charge in [0.1, 0.15) is 11.4 Å². The fourth-order valence-electron chi connectivity index (χ4n) is 3.55. The Balaban J connectivity index is 1.70. The Morgan fingerprint density at radius 2 is 2.00 bits per heavy atom. The SMILES string of the molecule is Cc1cccc(-n2nc(-c3cccs3)cc2C(=O)NC2CCCCC2)c1. The molecule has 5 heteroatoms. The molecule has 0 spiro atoms. The second-order valence-corrected chi connectivity index (χ2v) is 7.90. The van der Waals surface area contributed by atoms with Crippen molar-refractivity contribution >= 4 is 17.2 Å². The molecular weight excluding hydrogens is 342 g/mol. The zero-order chi connectivity index (χ0) is 17.9. The number of carbonyl (C=O) groups excluding carboxylic acids is 1. The van der Waals surface area contributed by atoms with Crippen LogP contribution in [0.5, 0.6) is 0 Å². The van der Waals surface area contributed by atoms with E-state index in [1.165, 1.54) is 19.3 Å². The molecule has 26 heavy (non-hydrogen) atoms. The number of aryl methyl sites for hydroxylation is 1. The number of aromatic nitrogens is 2. The van der Waals surface area contributed by atoms with Gasteiger partial charge in [0.25, 0.3) is 5.91 Å². The fourth-order valence-corrected chi connectivity index (χ4v) is 4.23. The highest BCUT2D eigenvalue weighted by Crippen LogP contribution is 2.26. The molecule has 3 aromatic rings. The molecule has 1 saturated carbocycles. The number of rotatable bonds is 4. The summed E-state index contributed by atoms with van der Waals surface area (Å²) in [6.07, 6.45) is 5.81. The first-order valence-electron chi connectivity index (χ1n) is 9.22. The van der Waals surface area contributed by atoms with Crippen LogP contribution >= 0.6 is 11.3 Å². The maximum Gasteiger partial charge on any atom is 0.270 e. The molecule has 0 aliphatic heterocycles. The highest BCUT2D eigenvalue weighted by atomic mass is 32.1. The average molecular weight is 366 g/mol. The summed E-state index contributed by atoms with van der Waals surface area (Å²) >= 11 is 1.64. The van der Waals surface area contributed by atoms with Crippen LogP contribution in [-0.2, 0) is 0 Å². The van der Waals surface area contributed by atoms with Gasteiger partial charge in [-0.25, -0.2) is 4.68 Å². The van der Waals surface area contributed by atoms with Crippen molar-refractivity contribution in [1.29, 1.82) is 0 Å². The molecule has 1 aliphatic rings. The summed E-state index contributed by atoms with van der Waals surface area (Å²) in [6.45, 7) is 2.05. The largest absolute Gasteiger partial charge is 0.348 e. The van der Waals surface area contributed by atoms with Crippen LogP contribution in [0.25, 0.3) is 16.3 Å². The third-order valence-electron chi connectivity index (χ3n) is 4.90. The van der Waals surface area contributed by atoms with Crippen molar-refractivity contribution in [3.8, 4) is 16.3 Å². The van der Waals surface area contributed by atoms with Gasteiger partial charge in [-0.15, -0.1) is 11.3 Å². The van der Waals surface area contributed by atoms with Gasteiger partial charge in [0.2, 0.25) is 0 Å². The van der Waals surface area contributed by atoms with Gasteiger partial charge in [-0.3, -0.25) is 4.79 Å². The van der Waals surface area contributed by atoms with Crippen molar-refractivity contribution in [2.75, 3.05) is 0 Å². The van der Waals surface area contributed by atoms with Crippen molar-refractivity contribution in [3.05, 3.63) is 59.1 Å². The molecule has 2 aromatic heterocycles. The summed E-state index contributed by atoms with van der Waals surface area (Å²) in [5.41, 5.74) is 3.51. The Bertz CT molecular complexity index is 892. The number of amides is 1. The van der Waals surface area contributed by atoms with Gasteiger partial charge in [0, 0.05) is 6.04 Å². The molecule has 0 saturated heterocycles. The van der Waals surface area contributed by atoms with Crippen molar-refractivity contribution < 1.29 is 4.79 Å². The molecule has 4 nitrogen and oxygen atoms in total. The summed E-state index contributed by atoms with van der Waals surface area (Å²) in [4.78, 5) is 14.1. The predicted octanol–water partition coefficient (Wildman–Crippen LogP) is 4.97. The van der Waals surface area contributed by atoms with E-state index in [1.54, 1.807) is 16.0 Å². The third kappa shape index (κ3) is 3.58. The fraction of sp³-hybridized carbons (Fsp3) is 0.333. The standard InChI is InChI=1S/C21H23N3OS/c1-15-7-5-10-17(13-15)24-19(14-18(23-24)20-11-6-12-26-20)21(25)22-16-8-3-2-4-9-16/h5-7,10-14,16H,2-4,8-9H2,1H3,(H,22,25). The highest BCUT2D eigenvalue weighted by molar-refractivity contribution is 7.13. The molecular formula is C21H23N3OS. The van der Waals surface area contributed by atoms with Gasteiger partial charge in [0.15, 0.2) is 0 Å². The number of hydrogen-bond donors (Lipinski definition) is 1. The summed E-state index contributed by atoms with van der Waals surface area (Å²) in [5, 5.41) is 10.00. The summed E-state index contributed by atoms with van der Waals surface area (Å²) in [7, 11) is 0. The van der Waals surface area contributed by atoms with E-state index in [-0.39, 0.29) is 11.9 Å². The van der Waals surface area contributed by atoms with Crippen LogP contribution < -0.4 is 5.32 Å². The molecule has 134 valence electrons. The van der Waals surface area contributed by atoms with E-state index in [0.29, 0.717) is 5.69 Å². The van der Waals surface area contributed by atoms with Crippen molar-refractivity contribution in [2.24, 2.45) is 0 Å². The van der Waals surface area contributed by atoms with Gasteiger partial charge < -0.3 is 5.32 Å². The van der Waals surface area contributed by atoms with Gasteiger partial charge in [-0.2, -0.15) is 5.10 Å². The molecule has 0 atom stereocenters. The maximum atomic E-state index is 13.0. The number of benzene rings is 1. The minimum absolute atomic E-state index is 0.0336. The van der Waals surface area contributed by atoms with Gasteiger partial charge in [0.05, 0.1) is 10.6 Å². The van der Waals surface area contributed by atoms with E-state index in [2.05, 4.69) is 24.4 Å². The van der Waals surface area contributed by atoms with Gasteiger partial charge in [-0.1, -0.05) is 37.5 Å². The zero-order valence-electron chi connectivity index (χ0n) is 14.9. The summed E-state index contributed by atoms with van der Waals surface area (Å²) in [6, 6.07) is 14.3. The first kappa shape index (κ1) is 17.0. The molecule has 0 bridgehead atoms. The number of thiophene rings is 1. The molecule has 4 rings (SSSR count).